The van der Waals surface area contributed by atoms with Crippen LogP contribution < -0.4 is 0 Å². The van der Waals surface area contributed by atoms with Crippen molar-refractivity contribution in [3.05, 3.63) is 35.6 Å². The van der Waals surface area contributed by atoms with Crippen LogP contribution in [0, 0.1) is 56.2 Å². The fraction of sp³-hybridized carbons (Fsp3) is 0.743. The summed E-state index contributed by atoms with van der Waals surface area (Å²) in [5.41, 5.74) is 1.64. The molecule has 0 spiro atoms. The van der Waals surface area contributed by atoms with Crippen molar-refractivity contribution < 1.29 is 9.59 Å². The molecular weight excluding hydrogens is 480 g/mol. The molecule has 210 valence electrons. The number of hydrogen-bond acceptors (Lipinski definition) is 4. The molecule has 0 aromatic heterocycles. The van der Waals surface area contributed by atoms with Crippen LogP contribution in [-0.2, 0) is 9.59 Å². The molecule has 8 atom stereocenters. The molecule has 4 heteroatoms. The predicted molar refractivity (Wildman–Crippen MR) is 154 cm³/mol. The van der Waals surface area contributed by atoms with Gasteiger partial charge in [0.1, 0.15) is 6.07 Å². The quantitative estimate of drug-likeness (QED) is 0.352. The fourth-order valence-corrected chi connectivity index (χ4v) is 11.3. The second-order valence-corrected chi connectivity index (χ2v) is 16.1. The Bertz CT molecular complexity index is 1280. The van der Waals surface area contributed by atoms with Gasteiger partial charge in [-0.3, -0.25) is 9.59 Å². The van der Waals surface area contributed by atoms with Crippen LogP contribution in [0.3, 0.4) is 0 Å². The highest BCUT2D eigenvalue weighted by molar-refractivity contribution is 6.04. The first kappa shape index (κ1) is 27.0. The molecule has 0 N–H and O–H groups in total. The summed E-state index contributed by atoms with van der Waals surface area (Å²) in [6.45, 7) is 21.5. The Morgan fingerprint density at radius 2 is 1.69 bits per heavy atom. The lowest BCUT2D eigenvalue weighted by atomic mass is 9.34. The molecule has 0 radical (unpaired) electrons. The van der Waals surface area contributed by atoms with Crippen molar-refractivity contribution in [2.75, 3.05) is 6.54 Å². The highest BCUT2D eigenvalue weighted by Crippen LogP contribution is 2.74. The molecule has 6 rings (SSSR count). The molecule has 0 aromatic rings. The maximum absolute atomic E-state index is 14.6. The van der Waals surface area contributed by atoms with Crippen molar-refractivity contribution in [2.24, 2.45) is 44.8 Å². The number of likely N-dealkylation sites (tertiary alicyclic amines) is 1. The van der Waals surface area contributed by atoms with Crippen molar-refractivity contribution in [1.29, 1.82) is 5.26 Å². The van der Waals surface area contributed by atoms with Crippen molar-refractivity contribution in [3.63, 3.8) is 0 Å². The average Bonchev–Trinajstić information content (AvgIpc) is 3.31. The van der Waals surface area contributed by atoms with E-state index in [2.05, 4.69) is 52.2 Å². The van der Waals surface area contributed by atoms with Gasteiger partial charge in [0.2, 0.25) is 0 Å². The second-order valence-electron chi connectivity index (χ2n) is 16.1. The third-order valence-corrected chi connectivity index (χ3v) is 13.9. The lowest BCUT2D eigenvalue weighted by Crippen LogP contribution is -2.65. The van der Waals surface area contributed by atoms with E-state index in [1.165, 1.54) is 37.0 Å². The van der Waals surface area contributed by atoms with Gasteiger partial charge in [-0.05, 0) is 98.9 Å². The number of carbonyl (C=O) groups is 2. The maximum atomic E-state index is 14.6. The Balaban J connectivity index is 1.47. The van der Waals surface area contributed by atoms with Gasteiger partial charge >= 0.3 is 0 Å². The summed E-state index contributed by atoms with van der Waals surface area (Å²) in [4.78, 5) is 30.4. The Labute approximate surface area is 236 Å². The van der Waals surface area contributed by atoms with Crippen LogP contribution in [0.5, 0.6) is 0 Å². The lowest BCUT2D eigenvalue weighted by Gasteiger charge is -2.69. The topological polar surface area (TPSA) is 61.2 Å². The summed E-state index contributed by atoms with van der Waals surface area (Å²) < 4.78 is 0. The van der Waals surface area contributed by atoms with Gasteiger partial charge in [-0.1, -0.05) is 59.8 Å². The van der Waals surface area contributed by atoms with E-state index in [0.29, 0.717) is 11.7 Å². The minimum absolute atomic E-state index is 0.0123. The zero-order chi connectivity index (χ0) is 28.4. The molecular formula is C35H48N2O2. The number of carbonyl (C=O) groups excluding carboxylic acids is 2. The fourth-order valence-electron chi connectivity index (χ4n) is 11.3. The molecule has 4 nitrogen and oxygen atoms in total. The number of ketones is 2. The van der Waals surface area contributed by atoms with Gasteiger partial charge in [-0.2, -0.15) is 5.26 Å². The summed E-state index contributed by atoms with van der Waals surface area (Å²) in [6, 6.07) is 2.22. The van der Waals surface area contributed by atoms with Gasteiger partial charge in [0.25, 0.3) is 0 Å². The SMILES string of the molecule is C=C1CCCN1[C@@]1(C)CC[C@]2(C)CC[C@]3(C)[C@H](C(=O)C=C4[C@@]5(C)C=C(C#N)C(=O)C(C)(C)[C@@H]5CC[C@]43C)[C@@H]2C1. The van der Waals surface area contributed by atoms with Crippen molar-refractivity contribution in [2.45, 2.75) is 112 Å². The van der Waals surface area contributed by atoms with Gasteiger partial charge < -0.3 is 4.90 Å². The highest BCUT2D eigenvalue weighted by atomic mass is 16.1. The minimum Gasteiger partial charge on any atom is -0.370 e. The second kappa shape index (κ2) is 7.98. The van der Waals surface area contributed by atoms with Crippen LogP contribution in [0.2, 0.25) is 0 Å². The summed E-state index contributed by atoms with van der Waals surface area (Å²) in [7, 11) is 0. The molecule has 3 saturated carbocycles. The normalized spacial score (nSPS) is 48.7. The zero-order valence-electron chi connectivity index (χ0n) is 25.4. The Morgan fingerprint density at radius 3 is 2.33 bits per heavy atom. The zero-order valence-corrected chi connectivity index (χ0v) is 25.4. The largest absolute Gasteiger partial charge is 0.370 e. The molecule has 0 amide bonds. The molecule has 4 fully saturated rings. The monoisotopic (exact) mass is 528 g/mol. The maximum Gasteiger partial charge on any atom is 0.178 e. The first-order valence-corrected chi connectivity index (χ1v) is 15.5. The Kier molecular flexibility index (Phi) is 5.54. The molecule has 0 unspecified atom stereocenters. The summed E-state index contributed by atoms with van der Waals surface area (Å²) in [5.74, 6) is 0.717. The molecule has 6 aliphatic rings. The van der Waals surface area contributed by atoms with Crippen molar-refractivity contribution >= 4 is 11.6 Å². The van der Waals surface area contributed by atoms with Crippen LogP contribution in [0.4, 0.5) is 0 Å². The van der Waals surface area contributed by atoms with E-state index < -0.39 is 10.8 Å². The van der Waals surface area contributed by atoms with Gasteiger partial charge in [0.05, 0.1) is 5.57 Å². The average molecular weight is 529 g/mol. The van der Waals surface area contributed by atoms with Crippen LogP contribution in [0.15, 0.2) is 35.6 Å². The first-order valence-electron chi connectivity index (χ1n) is 15.5. The van der Waals surface area contributed by atoms with E-state index in [1.807, 2.05) is 26.0 Å². The van der Waals surface area contributed by atoms with E-state index >= 15 is 0 Å². The number of hydrogen-bond donors (Lipinski definition) is 0. The molecule has 1 saturated heterocycles. The Hall–Kier alpha value is -2.15. The Morgan fingerprint density at radius 1 is 1.00 bits per heavy atom. The molecule has 1 aliphatic heterocycles. The van der Waals surface area contributed by atoms with Crippen molar-refractivity contribution in [1.82, 2.24) is 4.90 Å². The summed E-state index contributed by atoms with van der Waals surface area (Å²) in [6.07, 6.45) is 13.9. The van der Waals surface area contributed by atoms with Gasteiger partial charge in [-0.15, -0.1) is 0 Å². The molecule has 0 aromatic carbocycles. The standard InChI is InChI=1S/C35H48N2O2/c1-22-10-9-17-37(22)32(5)15-13-31(4)14-16-35(8)28(24(31)20-32)25(38)18-27-33(6)19-23(21-36)29(39)30(2,3)26(33)11-12-34(27,35)7/h18-19,24,26,28H,1,9-17,20H2,2-8H3/t24-,26-,28-,31+,32-,33-,34+,35+/m0/s1. The molecule has 0 bridgehead atoms. The smallest absolute Gasteiger partial charge is 0.178 e. The van der Waals surface area contributed by atoms with Crippen LogP contribution in [0.25, 0.3) is 0 Å². The van der Waals surface area contributed by atoms with E-state index in [4.69, 9.17) is 0 Å². The van der Waals surface area contributed by atoms with Gasteiger partial charge in [0.15, 0.2) is 11.6 Å². The van der Waals surface area contributed by atoms with E-state index in [-0.39, 0.29) is 45.0 Å². The third-order valence-electron chi connectivity index (χ3n) is 13.9. The van der Waals surface area contributed by atoms with Crippen molar-refractivity contribution in [3.8, 4) is 6.07 Å². The van der Waals surface area contributed by atoms with Crippen LogP contribution in [-0.4, -0.2) is 28.6 Å². The van der Waals surface area contributed by atoms with Crippen LogP contribution in [0.1, 0.15) is 106 Å². The van der Waals surface area contributed by atoms with Crippen LogP contribution >= 0.6 is 0 Å². The third kappa shape index (κ3) is 3.23. The first-order chi connectivity index (χ1) is 18.1. The number of nitrogens with zero attached hydrogens (tertiary/aromatic N) is 2. The van der Waals surface area contributed by atoms with Gasteiger partial charge in [-0.25, -0.2) is 0 Å². The van der Waals surface area contributed by atoms with E-state index in [9.17, 15) is 14.9 Å². The van der Waals surface area contributed by atoms with Gasteiger partial charge in [0, 0.05) is 34.5 Å². The summed E-state index contributed by atoms with van der Waals surface area (Å²) in [5, 5.41) is 9.93. The highest BCUT2D eigenvalue weighted by Gasteiger charge is 2.69. The number of nitriles is 1. The number of rotatable bonds is 1. The minimum atomic E-state index is -0.619. The predicted octanol–water partition coefficient (Wildman–Crippen LogP) is 7.57. The molecule has 1 heterocycles. The number of allylic oxidation sites excluding steroid dienone is 5. The van der Waals surface area contributed by atoms with E-state index in [0.717, 1.165) is 38.6 Å². The van der Waals surface area contributed by atoms with E-state index in [1.54, 1.807) is 0 Å². The lowest BCUT2D eigenvalue weighted by molar-refractivity contribution is -0.169. The summed E-state index contributed by atoms with van der Waals surface area (Å²) >= 11 is 0. The number of Topliss-reactive ketones (excluding diaryl/α,β-unsaturated/α-hetero) is 1. The molecule has 39 heavy (non-hydrogen) atoms. The molecule has 5 aliphatic carbocycles. The number of fused-ring (bicyclic) bond motifs is 7.